The molecule has 0 amide bonds. The van der Waals surface area contributed by atoms with Crippen LogP contribution in [-0.2, 0) is 0 Å². The number of hydrogen-bond donors (Lipinski definition) is 1. The molecule has 2 aromatic heterocycles. The maximum absolute atomic E-state index is 7.68. The fraction of sp³-hybridized carbons (Fsp3) is 0.200. The van der Waals surface area contributed by atoms with Crippen LogP contribution in [0.2, 0.25) is 0 Å². The van der Waals surface area contributed by atoms with Crippen LogP contribution in [-0.4, -0.2) is 23.1 Å². The van der Waals surface area contributed by atoms with Gasteiger partial charge in [-0.15, -0.1) is 0 Å². The monoisotopic (exact) mass is 394 g/mol. The third kappa shape index (κ3) is 3.45. The van der Waals surface area contributed by atoms with Gasteiger partial charge in [-0.25, -0.2) is 4.85 Å². The van der Waals surface area contributed by atoms with Gasteiger partial charge in [0.15, 0.2) is 5.70 Å². The lowest BCUT2D eigenvalue weighted by atomic mass is 10.1. The molecule has 3 aromatic rings. The van der Waals surface area contributed by atoms with Gasteiger partial charge < -0.3 is 9.88 Å². The van der Waals surface area contributed by atoms with Crippen molar-refractivity contribution in [2.24, 2.45) is 0 Å². The molecular weight excluding hydrogens is 376 g/mol. The number of aromatic amines is 1. The highest BCUT2D eigenvalue weighted by atomic mass is 79.9. The molecule has 0 saturated heterocycles. The predicted octanol–water partition coefficient (Wildman–Crippen LogP) is 5.59. The van der Waals surface area contributed by atoms with E-state index >= 15 is 0 Å². The first-order chi connectivity index (χ1) is 12.2. The molecule has 2 heterocycles. The van der Waals surface area contributed by atoms with Crippen LogP contribution in [0.4, 0.5) is 5.69 Å². The van der Waals surface area contributed by atoms with E-state index in [1.165, 1.54) is 0 Å². The van der Waals surface area contributed by atoms with Crippen molar-refractivity contribution in [3.05, 3.63) is 69.9 Å². The predicted molar refractivity (Wildman–Crippen MR) is 108 cm³/mol. The van der Waals surface area contributed by atoms with Gasteiger partial charge in [0.25, 0.3) is 0 Å². The number of aromatic nitrogens is 2. The summed E-state index contributed by atoms with van der Waals surface area (Å²) in [5.74, 6) is 0. The molecule has 3 rings (SSSR count). The topological polar surface area (TPSA) is 36.3 Å². The molecule has 0 spiro atoms. The zero-order valence-electron chi connectivity index (χ0n) is 14.3. The average Bonchev–Trinajstić information content (AvgIpc) is 3.04. The summed E-state index contributed by atoms with van der Waals surface area (Å²) in [4.78, 5) is 13.5. The fourth-order valence-corrected chi connectivity index (χ4v) is 3.35. The molecule has 0 fully saturated rings. The fourth-order valence-electron chi connectivity index (χ4n) is 2.99. The molecule has 0 bridgehead atoms. The van der Waals surface area contributed by atoms with Crippen LogP contribution in [0.3, 0.4) is 0 Å². The standard InChI is InChI=1S/C20H19BrN4/c1-4-25(5-2)20-8-9-23-12-14(20)10-19(22-3)17-13-24-18-7-6-15(21)11-16(17)18/h6-13,24H,4-5H2,1-2H3/b19-10-. The van der Waals surface area contributed by atoms with Crippen molar-refractivity contribution < 1.29 is 0 Å². The number of halogens is 1. The second-order valence-electron chi connectivity index (χ2n) is 5.64. The van der Waals surface area contributed by atoms with E-state index in [0.717, 1.165) is 45.3 Å². The van der Waals surface area contributed by atoms with Gasteiger partial charge in [-0.05, 0) is 55.8 Å². The van der Waals surface area contributed by atoms with Gasteiger partial charge >= 0.3 is 0 Å². The highest BCUT2D eigenvalue weighted by molar-refractivity contribution is 9.10. The minimum atomic E-state index is 0.603. The number of nitrogens with zero attached hydrogens (tertiary/aromatic N) is 3. The van der Waals surface area contributed by atoms with Crippen LogP contribution < -0.4 is 4.90 Å². The van der Waals surface area contributed by atoms with Crippen molar-refractivity contribution >= 4 is 44.3 Å². The highest BCUT2D eigenvalue weighted by Crippen LogP contribution is 2.31. The van der Waals surface area contributed by atoms with Crippen molar-refractivity contribution in [1.82, 2.24) is 9.97 Å². The molecule has 25 heavy (non-hydrogen) atoms. The molecule has 0 aliphatic rings. The van der Waals surface area contributed by atoms with Crippen molar-refractivity contribution in [3.63, 3.8) is 0 Å². The second-order valence-corrected chi connectivity index (χ2v) is 6.56. The Morgan fingerprint density at radius 1 is 1.32 bits per heavy atom. The first kappa shape index (κ1) is 17.2. The van der Waals surface area contributed by atoms with Crippen LogP contribution in [0, 0.1) is 6.57 Å². The summed E-state index contributed by atoms with van der Waals surface area (Å²) in [7, 11) is 0. The lowest BCUT2D eigenvalue weighted by molar-refractivity contribution is 0.863. The summed E-state index contributed by atoms with van der Waals surface area (Å²) < 4.78 is 0.996. The molecular formula is C20H19BrN4. The van der Waals surface area contributed by atoms with E-state index < -0.39 is 0 Å². The Morgan fingerprint density at radius 2 is 2.12 bits per heavy atom. The van der Waals surface area contributed by atoms with Gasteiger partial charge in [0.05, 0.1) is 6.57 Å². The highest BCUT2D eigenvalue weighted by Gasteiger charge is 2.12. The summed E-state index contributed by atoms with van der Waals surface area (Å²) in [6.07, 6.45) is 7.44. The smallest absolute Gasteiger partial charge is 0.197 e. The lowest BCUT2D eigenvalue weighted by Crippen LogP contribution is -2.22. The Hall–Kier alpha value is -2.58. The molecule has 0 saturated carbocycles. The summed E-state index contributed by atoms with van der Waals surface area (Å²) >= 11 is 3.51. The summed E-state index contributed by atoms with van der Waals surface area (Å²) in [6.45, 7) is 13.8. The SMILES string of the molecule is [C-]#[N+]/C(=C\c1cnccc1N(CC)CC)c1c[nH]c2ccc(Br)cc12. The van der Waals surface area contributed by atoms with Crippen LogP contribution in [0.25, 0.3) is 27.5 Å². The Bertz CT molecular complexity index is 961. The zero-order valence-corrected chi connectivity index (χ0v) is 15.8. The van der Waals surface area contributed by atoms with E-state index in [9.17, 15) is 0 Å². The molecule has 126 valence electrons. The molecule has 5 heteroatoms. The molecule has 4 nitrogen and oxygen atoms in total. The van der Waals surface area contributed by atoms with Crippen LogP contribution in [0.5, 0.6) is 0 Å². The number of anilines is 1. The first-order valence-electron chi connectivity index (χ1n) is 8.23. The van der Waals surface area contributed by atoms with Crippen molar-refractivity contribution in [1.29, 1.82) is 0 Å². The average molecular weight is 395 g/mol. The van der Waals surface area contributed by atoms with Crippen molar-refractivity contribution in [2.75, 3.05) is 18.0 Å². The van der Waals surface area contributed by atoms with Gasteiger partial charge in [0, 0.05) is 52.3 Å². The van der Waals surface area contributed by atoms with E-state index in [1.54, 1.807) is 6.20 Å². The Morgan fingerprint density at radius 3 is 2.84 bits per heavy atom. The number of rotatable bonds is 5. The van der Waals surface area contributed by atoms with Gasteiger partial charge in [-0.3, -0.25) is 4.98 Å². The van der Waals surface area contributed by atoms with E-state index in [4.69, 9.17) is 6.57 Å². The van der Waals surface area contributed by atoms with Gasteiger partial charge in [0.1, 0.15) is 0 Å². The van der Waals surface area contributed by atoms with Crippen LogP contribution >= 0.6 is 15.9 Å². The minimum Gasteiger partial charge on any atom is -0.372 e. The zero-order chi connectivity index (χ0) is 17.8. The molecule has 0 unspecified atom stereocenters. The van der Waals surface area contributed by atoms with Crippen molar-refractivity contribution in [2.45, 2.75) is 13.8 Å². The van der Waals surface area contributed by atoms with Crippen molar-refractivity contribution in [3.8, 4) is 0 Å². The number of fused-ring (bicyclic) bond motifs is 1. The summed E-state index contributed by atoms with van der Waals surface area (Å²) in [5, 5.41) is 1.03. The number of benzene rings is 1. The van der Waals surface area contributed by atoms with Gasteiger partial charge in [-0.2, -0.15) is 0 Å². The van der Waals surface area contributed by atoms with Crippen LogP contribution in [0.1, 0.15) is 25.0 Å². The molecule has 1 N–H and O–H groups in total. The third-order valence-electron chi connectivity index (χ3n) is 4.26. The number of nitrogens with one attached hydrogen (secondary N) is 1. The number of pyridine rings is 1. The maximum atomic E-state index is 7.68. The third-order valence-corrected chi connectivity index (χ3v) is 4.76. The normalized spacial score (nSPS) is 11.5. The molecule has 0 radical (unpaired) electrons. The quantitative estimate of drug-likeness (QED) is 0.572. The lowest BCUT2D eigenvalue weighted by Gasteiger charge is -2.23. The van der Waals surface area contributed by atoms with Crippen LogP contribution in [0.15, 0.2) is 47.3 Å². The second kappa shape index (κ2) is 7.54. The minimum absolute atomic E-state index is 0.603. The number of H-pyrrole nitrogens is 1. The van der Waals surface area contributed by atoms with Gasteiger partial charge in [-0.1, -0.05) is 15.9 Å². The maximum Gasteiger partial charge on any atom is 0.197 e. The molecule has 1 aromatic carbocycles. The number of hydrogen-bond acceptors (Lipinski definition) is 2. The van der Waals surface area contributed by atoms with E-state index in [-0.39, 0.29) is 0 Å². The molecule has 0 atom stereocenters. The Kier molecular flexibility index (Phi) is 5.20. The van der Waals surface area contributed by atoms with Gasteiger partial charge in [0.2, 0.25) is 0 Å². The van der Waals surface area contributed by atoms with E-state index in [1.807, 2.05) is 42.7 Å². The molecule has 0 aliphatic heterocycles. The largest absolute Gasteiger partial charge is 0.372 e. The summed E-state index contributed by atoms with van der Waals surface area (Å²) in [6, 6.07) is 8.04. The Balaban J connectivity index is 2.13. The van der Waals surface area contributed by atoms with E-state index in [0.29, 0.717) is 5.70 Å². The summed E-state index contributed by atoms with van der Waals surface area (Å²) in [5.41, 5.74) is 4.58. The first-order valence-corrected chi connectivity index (χ1v) is 9.02. The van der Waals surface area contributed by atoms with E-state index in [2.05, 4.69) is 49.5 Å². The molecule has 0 aliphatic carbocycles. The Labute approximate surface area is 156 Å².